The Hall–Kier alpha value is -3.74. The number of aromatic nitrogens is 4. The molecule has 9 nitrogen and oxygen atoms in total. The topological polar surface area (TPSA) is 119 Å². The first-order valence-electron chi connectivity index (χ1n) is 9.12. The molecular formula is C19H18FN7O2. The third kappa shape index (κ3) is 3.67. The minimum Gasteiger partial charge on any atom is -0.368 e. The molecule has 1 amide bonds. The molecule has 2 N–H and O–H groups in total. The second-order valence-corrected chi connectivity index (χ2v) is 6.97. The number of hydrogen-bond donors (Lipinski definition) is 2. The van der Waals surface area contributed by atoms with Crippen molar-refractivity contribution in [2.75, 3.05) is 18.0 Å². The molecule has 1 aliphatic heterocycles. The molecular weight excluding hydrogens is 377 g/mol. The van der Waals surface area contributed by atoms with E-state index in [0.717, 1.165) is 0 Å². The van der Waals surface area contributed by atoms with Crippen LogP contribution in [0.25, 0.3) is 5.78 Å². The van der Waals surface area contributed by atoms with E-state index in [2.05, 4.69) is 20.4 Å². The molecule has 10 heteroatoms. The van der Waals surface area contributed by atoms with Crippen LogP contribution in [0.3, 0.4) is 0 Å². The van der Waals surface area contributed by atoms with Crippen LogP contribution in [0.1, 0.15) is 23.5 Å². The SMILES string of the molecule is Cc1cc(=O)n2[nH]c(CNC(=O)C3CCN(c4ccc(C#N)cc4F)C3)nc2n1. The summed E-state index contributed by atoms with van der Waals surface area (Å²) in [5.74, 6) is -0.263. The van der Waals surface area contributed by atoms with Crippen LogP contribution in [-0.2, 0) is 11.3 Å². The molecule has 4 rings (SSSR count). The van der Waals surface area contributed by atoms with E-state index in [1.54, 1.807) is 24.0 Å². The highest BCUT2D eigenvalue weighted by molar-refractivity contribution is 5.80. The number of carbonyl (C=O) groups excluding carboxylic acids is 1. The van der Waals surface area contributed by atoms with Crippen LogP contribution in [0, 0.1) is 30.0 Å². The minimum absolute atomic E-state index is 0.127. The zero-order valence-corrected chi connectivity index (χ0v) is 15.6. The van der Waals surface area contributed by atoms with Gasteiger partial charge in [-0.25, -0.2) is 9.37 Å². The van der Waals surface area contributed by atoms with Crippen molar-refractivity contribution in [3.63, 3.8) is 0 Å². The zero-order chi connectivity index (χ0) is 20.5. The molecule has 3 aromatic rings. The Labute approximate surface area is 164 Å². The number of benzene rings is 1. The molecule has 1 aromatic carbocycles. The summed E-state index contributed by atoms with van der Waals surface area (Å²) in [5, 5.41) is 14.5. The normalized spacial score (nSPS) is 16.2. The minimum atomic E-state index is -0.472. The second kappa shape index (κ2) is 7.35. The quantitative estimate of drug-likeness (QED) is 0.677. The second-order valence-electron chi connectivity index (χ2n) is 6.97. The molecule has 1 saturated heterocycles. The zero-order valence-electron chi connectivity index (χ0n) is 15.6. The number of rotatable bonds is 4. The fraction of sp³-hybridized carbons (Fsp3) is 0.316. The molecule has 0 spiro atoms. The molecule has 0 aliphatic carbocycles. The Morgan fingerprint density at radius 3 is 3.00 bits per heavy atom. The number of halogens is 1. The molecule has 0 radical (unpaired) electrons. The summed E-state index contributed by atoms with van der Waals surface area (Å²) in [5.41, 5.74) is 0.943. The average Bonchev–Trinajstić information content (AvgIpc) is 3.33. The Bertz CT molecular complexity index is 1190. The molecule has 1 fully saturated rings. The number of nitrogens with one attached hydrogen (secondary N) is 2. The van der Waals surface area contributed by atoms with E-state index in [1.807, 2.05) is 6.07 Å². The van der Waals surface area contributed by atoms with Crippen LogP contribution in [0.15, 0.2) is 29.1 Å². The van der Waals surface area contributed by atoms with E-state index >= 15 is 0 Å². The van der Waals surface area contributed by atoms with Gasteiger partial charge in [-0.05, 0) is 31.5 Å². The van der Waals surface area contributed by atoms with Gasteiger partial charge in [-0.3, -0.25) is 14.7 Å². The van der Waals surface area contributed by atoms with Crippen molar-refractivity contribution < 1.29 is 9.18 Å². The van der Waals surface area contributed by atoms with Gasteiger partial charge in [0.1, 0.15) is 11.6 Å². The van der Waals surface area contributed by atoms with Crippen molar-refractivity contribution >= 4 is 17.4 Å². The highest BCUT2D eigenvalue weighted by atomic mass is 19.1. The summed E-state index contributed by atoms with van der Waals surface area (Å²) in [7, 11) is 0. The van der Waals surface area contributed by atoms with E-state index < -0.39 is 5.82 Å². The van der Waals surface area contributed by atoms with Crippen molar-refractivity contribution in [2.45, 2.75) is 19.9 Å². The highest BCUT2D eigenvalue weighted by Gasteiger charge is 2.29. The molecule has 1 unspecified atom stereocenters. The largest absolute Gasteiger partial charge is 0.368 e. The van der Waals surface area contributed by atoms with Crippen molar-refractivity contribution in [2.24, 2.45) is 5.92 Å². The fourth-order valence-electron chi connectivity index (χ4n) is 3.46. The maximum atomic E-state index is 14.2. The maximum absolute atomic E-state index is 14.2. The lowest BCUT2D eigenvalue weighted by atomic mass is 10.1. The lowest BCUT2D eigenvalue weighted by Crippen LogP contribution is -2.33. The molecule has 0 bridgehead atoms. The van der Waals surface area contributed by atoms with Crippen LogP contribution in [-0.4, -0.2) is 38.6 Å². The Morgan fingerprint density at radius 1 is 1.41 bits per heavy atom. The Morgan fingerprint density at radius 2 is 2.24 bits per heavy atom. The van der Waals surface area contributed by atoms with Crippen LogP contribution in [0.4, 0.5) is 10.1 Å². The molecule has 29 heavy (non-hydrogen) atoms. The molecule has 1 atom stereocenters. The number of hydrogen-bond acceptors (Lipinski definition) is 6. The van der Waals surface area contributed by atoms with Crippen LogP contribution in [0.2, 0.25) is 0 Å². The highest BCUT2D eigenvalue weighted by Crippen LogP contribution is 2.27. The van der Waals surface area contributed by atoms with Gasteiger partial charge in [-0.2, -0.15) is 14.8 Å². The monoisotopic (exact) mass is 395 g/mol. The molecule has 3 heterocycles. The van der Waals surface area contributed by atoms with Gasteiger partial charge in [-0.1, -0.05) is 0 Å². The van der Waals surface area contributed by atoms with Crippen molar-refractivity contribution in [3.8, 4) is 6.07 Å². The van der Waals surface area contributed by atoms with Gasteiger partial charge in [0.05, 0.1) is 29.8 Å². The van der Waals surface area contributed by atoms with Gasteiger partial charge in [0.25, 0.3) is 11.3 Å². The van der Waals surface area contributed by atoms with E-state index in [4.69, 9.17) is 5.26 Å². The van der Waals surface area contributed by atoms with E-state index in [1.165, 1.54) is 16.6 Å². The number of nitriles is 1. The van der Waals surface area contributed by atoms with E-state index in [-0.39, 0.29) is 35.3 Å². The summed E-state index contributed by atoms with van der Waals surface area (Å²) in [4.78, 5) is 34.6. The van der Waals surface area contributed by atoms with Gasteiger partial charge in [0.15, 0.2) is 0 Å². The van der Waals surface area contributed by atoms with Crippen LogP contribution >= 0.6 is 0 Å². The number of nitrogens with zero attached hydrogens (tertiary/aromatic N) is 5. The third-order valence-corrected chi connectivity index (χ3v) is 4.91. The number of amides is 1. The summed E-state index contributed by atoms with van der Waals surface area (Å²) >= 11 is 0. The fourth-order valence-corrected chi connectivity index (χ4v) is 3.46. The molecule has 2 aromatic heterocycles. The van der Waals surface area contributed by atoms with Gasteiger partial charge in [-0.15, -0.1) is 0 Å². The number of fused-ring (bicyclic) bond motifs is 1. The molecule has 1 aliphatic rings. The van der Waals surface area contributed by atoms with Gasteiger partial charge < -0.3 is 10.2 Å². The number of carbonyl (C=O) groups is 1. The van der Waals surface area contributed by atoms with Crippen molar-refractivity contribution in [3.05, 3.63) is 57.5 Å². The lowest BCUT2D eigenvalue weighted by Gasteiger charge is -2.19. The lowest BCUT2D eigenvalue weighted by molar-refractivity contribution is -0.124. The first kappa shape index (κ1) is 18.6. The predicted molar refractivity (Wildman–Crippen MR) is 102 cm³/mol. The van der Waals surface area contributed by atoms with Crippen LogP contribution in [0.5, 0.6) is 0 Å². The van der Waals surface area contributed by atoms with E-state index in [9.17, 15) is 14.0 Å². The summed E-state index contributed by atoms with van der Waals surface area (Å²) in [6, 6.07) is 7.62. The van der Waals surface area contributed by atoms with Gasteiger partial charge >= 0.3 is 0 Å². The number of aryl methyl sites for hydroxylation is 1. The maximum Gasteiger partial charge on any atom is 0.274 e. The standard InChI is InChI=1S/C19H18FN7O2/c1-11-6-17(28)27-19(23-11)24-16(25-27)9-22-18(29)13-4-5-26(10-13)15-3-2-12(8-21)7-14(15)20/h2-3,6-7,13H,4-5,9-10H2,1H3,(H,22,29)(H,23,24,25). The Kier molecular flexibility index (Phi) is 4.72. The summed E-state index contributed by atoms with van der Waals surface area (Å²) in [6.07, 6.45) is 0.589. The summed E-state index contributed by atoms with van der Waals surface area (Å²) in [6.45, 7) is 2.77. The average molecular weight is 395 g/mol. The van der Waals surface area contributed by atoms with Crippen molar-refractivity contribution in [1.82, 2.24) is 24.9 Å². The van der Waals surface area contributed by atoms with Crippen LogP contribution < -0.4 is 15.8 Å². The van der Waals surface area contributed by atoms with E-state index in [0.29, 0.717) is 36.7 Å². The number of aromatic amines is 1. The first-order chi connectivity index (χ1) is 13.9. The predicted octanol–water partition coefficient (Wildman–Crippen LogP) is 0.879. The first-order valence-corrected chi connectivity index (χ1v) is 9.12. The third-order valence-electron chi connectivity index (χ3n) is 4.91. The number of H-pyrrole nitrogens is 1. The van der Waals surface area contributed by atoms with Gasteiger partial charge in [0.2, 0.25) is 5.91 Å². The molecule has 0 saturated carbocycles. The number of anilines is 1. The molecule has 148 valence electrons. The smallest absolute Gasteiger partial charge is 0.274 e. The van der Waals surface area contributed by atoms with Crippen molar-refractivity contribution in [1.29, 1.82) is 5.26 Å². The van der Waals surface area contributed by atoms with Gasteiger partial charge in [0, 0.05) is 24.8 Å². The Balaban J connectivity index is 1.39. The summed E-state index contributed by atoms with van der Waals surface area (Å²) < 4.78 is 15.4.